The molecule has 1 atom stereocenters. The molecule has 1 fully saturated rings. The van der Waals surface area contributed by atoms with Crippen LogP contribution in [-0.4, -0.2) is 36.7 Å². The highest BCUT2D eigenvalue weighted by atomic mass is 16.5. The Labute approximate surface area is 128 Å². The number of nitriles is 1. The number of ether oxygens (including phenoxy) is 1. The van der Waals surface area contributed by atoms with Crippen LogP contribution in [0.5, 0.6) is 0 Å². The molecule has 1 aromatic rings. The van der Waals surface area contributed by atoms with Gasteiger partial charge in [0.05, 0.1) is 12.0 Å². The fourth-order valence-electron chi connectivity index (χ4n) is 2.51. The Kier molecular flexibility index (Phi) is 5.12. The summed E-state index contributed by atoms with van der Waals surface area (Å²) in [6.45, 7) is 0.687. The lowest BCUT2D eigenvalue weighted by Crippen LogP contribution is -2.45. The molecule has 0 bridgehead atoms. The number of nitrogens with zero attached hydrogens (tertiary/aromatic N) is 1. The van der Waals surface area contributed by atoms with Gasteiger partial charge in [0, 0.05) is 19.8 Å². The second kappa shape index (κ2) is 7.05. The maximum absolute atomic E-state index is 12.3. The number of amides is 1. The molecule has 6 nitrogen and oxygen atoms in total. The van der Waals surface area contributed by atoms with E-state index in [-0.39, 0.29) is 6.54 Å². The molecule has 1 heterocycles. The first-order chi connectivity index (χ1) is 10.6. The molecule has 1 aromatic carbocycles. The Morgan fingerprint density at radius 3 is 2.50 bits per heavy atom. The lowest BCUT2D eigenvalue weighted by Gasteiger charge is -2.29. The second-order valence-electron chi connectivity index (χ2n) is 5.32. The van der Waals surface area contributed by atoms with E-state index in [9.17, 15) is 20.0 Å². The predicted octanol–water partition coefficient (Wildman–Crippen LogP) is 1.29. The van der Waals surface area contributed by atoms with Crippen molar-refractivity contribution in [3.05, 3.63) is 35.9 Å². The number of carboxylic acids is 1. The van der Waals surface area contributed by atoms with Crippen molar-refractivity contribution >= 4 is 11.9 Å². The van der Waals surface area contributed by atoms with Crippen LogP contribution >= 0.6 is 0 Å². The second-order valence-corrected chi connectivity index (χ2v) is 5.32. The summed E-state index contributed by atoms with van der Waals surface area (Å²) in [7, 11) is 0. The van der Waals surface area contributed by atoms with Crippen LogP contribution in [0.2, 0.25) is 0 Å². The number of benzene rings is 1. The normalized spacial score (nSPS) is 18.0. The van der Waals surface area contributed by atoms with E-state index in [0.717, 1.165) is 0 Å². The molecule has 1 aliphatic rings. The molecule has 1 saturated heterocycles. The van der Waals surface area contributed by atoms with Crippen LogP contribution in [0.25, 0.3) is 0 Å². The zero-order chi connectivity index (χ0) is 16.0. The molecule has 0 aromatic heterocycles. The highest BCUT2D eigenvalue weighted by molar-refractivity contribution is 5.86. The number of carboxylic acid groups (broad SMARTS) is 1. The van der Waals surface area contributed by atoms with E-state index in [2.05, 4.69) is 11.4 Å². The largest absolute Gasteiger partial charge is 0.481 e. The van der Waals surface area contributed by atoms with Crippen molar-refractivity contribution in [1.29, 1.82) is 5.26 Å². The number of aliphatic carboxylic acids is 1. The standard InChI is InChI=1S/C16H18N2O4/c17-11-16(6-8-22-9-7-16)15(21)18-10-13(14(19)20)12-4-2-1-3-5-12/h1-5,13H,6-10H2,(H,18,21)(H,19,20). The van der Waals surface area contributed by atoms with E-state index in [1.165, 1.54) is 0 Å². The van der Waals surface area contributed by atoms with E-state index in [1.807, 2.05) is 0 Å². The molecule has 22 heavy (non-hydrogen) atoms. The molecule has 0 aliphatic carbocycles. The minimum atomic E-state index is -1.11. The maximum atomic E-state index is 12.3. The quantitative estimate of drug-likeness (QED) is 0.854. The van der Waals surface area contributed by atoms with Crippen molar-refractivity contribution in [2.75, 3.05) is 19.8 Å². The van der Waals surface area contributed by atoms with Gasteiger partial charge in [-0.3, -0.25) is 9.59 Å². The number of hydrogen-bond acceptors (Lipinski definition) is 4. The Hall–Kier alpha value is -2.39. The molecule has 0 radical (unpaired) electrons. The Bertz CT molecular complexity index is 574. The van der Waals surface area contributed by atoms with Crippen molar-refractivity contribution in [3.8, 4) is 6.07 Å². The van der Waals surface area contributed by atoms with Crippen LogP contribution in [0, 0.1) is 16.7 Å². The van der Waals surface area contributed by atoms with Crippen LogP contribution in [0.3, 0.4) is 0 Å². The summed E-state index contributed by atoms with van der Waals surface area (Å²) < 4.78 is 5.18. The Morgan fingerprint density at radius 2 is 1.95 bits per heavy atom. The fraction of sp³-hybridized carbons (Fsp3) is 0.438. The summed E-state index contributed by atoms with van der Waals surface area (Å²) >= 11 is 0. The van der Waals surface area contributed by atoms with Crippen molar-refractivity contribution in [2.45, 2.75) is 18.8 Å². The summed E-state index contributed by atoms with van der Waals surface area (Å²) in [6, 6.07) is 10.8. The van der Waals surface area contributed by atoms with Crippen molar-refractivity contribution < 1.29 is 19.4 Å². The van der Waals surface area contributed by atoms with Gasteiger partial charge >= 0.3 is 5.97 Å². The van der Waals surface area contributed by atoms with Gasteiger partial charge in [0.15, 0.2) is 0 Å². The fourth-order valence-corrected chi connectivity index (χ4v) is 2.51. The van der Waals surface area contributed by atoms with Crippen molar-refractivity contribution in [1.82, 2.24) is 5.32 Å². The third-order valence-electron chi connectivity index (χ3n) is 3.96. The van der Waals surface area contributed by atoms with E-state index in [1.54, 1.807) is 30.3 Å². The molecule has 1 unspecified atom stereocenters. The summed E-state index contributed by atoms with van der Waals surface area (Å²) in [5, 5.41) is 21.3. The zero-order valence-corrected chi connectivity index (χ0v) is 12.1. The Balaban J connectivity index is 2.05. The van der Waals surface area contributed by atoms with E-state index < -0.39 is 23.2 Å². The number of nitrogens with one attached hydrogen (secondary N) is 1. The van der Waals surface area contributed by atoms with E-state index >= 15 is 0 Å². The first-order valence-corrected chi connectivity index (χ1v) is 7.14. The molecule has 2 N–H and O–H groups in total. The molecule has 2 rings (SSSR count). The maximum Gasteiger partial charge on any atom is 0.312 e. The number of carbonyl (C=O) groups excluding carboxylic acids is 1. The molecular weight excluding hydrogens is 284 g/mol. The first kappa shape index (κ1) is 16.0. The SMILES string of the molecule is N#CC1(C(=O)NCC(C(=O)O)c2ccccc2)CCOCC1. The zero-order valence-electron chi connectivity index (χ0n) is 12.1. The highest BCUT2D eigenvalue weighted by Crippen LogP contribution is 2.30. The summed E-state index contributed by atoms with van der Waals surface area (Å²) in [5.74, 6) is -2.26. The average molecular weight is 302 g/mol. The predicted molar refractivity (Wildman–Crippen MR) is 77.9 cm³/mol. The highest BCUT2D eigenvalue weighted by Gasteiger charge is 2.40. The number of hydrogen-bond donors (Lipinski definition) is 2. The molecule has 1 amide bonds. The minimum Gasteiger partial charge on any atom is -0.481 e. The monoisotopic (exact) mass is 302 g/mol. The Morgan fingerprint density at radius 1 is 1.32 bits per heavy atom. The van der Waals surface area contributed by atoms with Gasteiger partial charge < -0.3 is 15.2 Å². The van der Waals surface area contributed by atoms with Gasteiger partial charge in [-0.2, -0.15) is 5.26 Å². The summed E-state index contributed by atoms with van der Waals surface area (Å²) in [5.41, 5.74) is -0.494. The van der Waals surface area contributed by atoms with Gasteiger partial charge in [0.25, 0.3) is 0 Å². The number of rotatable bonds is 5. The number of carbonyl (C=O) groups is 2. The molecule has 0 saturated carbocycles. The van der Waals surface area contributed by atoms with Crippen LogP contribution in [-0.2, 0) is 14.3 Å². The lowest BCUT2D eigenvalue weighted by molar-refractivity contribution is -0.139. The van der Waals surface area contributed by atoms with Gasteiger partial charge in [0.1, 0.15) is 5.41 Å². The average Bonchev–Trinajstić information content (AvgIpc) is 2.56. The van der Waals surface area contributed by atoms with E-state index in [4.69, 9.17) is 4.74 Å². The van der Waals surface area contributed by atoms with Crippen LogP contribution < -0.4 is 5.32 Å². The molecule has 0 spiro atoms. The molecule has 1 aliphatic heterocycles. The third-order valence-corrected chi connectivity index (χ3v) is 3.96. The third kappa shape index (κ3) is 3.43. The molecular formula is C16H18N2O4. The summed E-state index contributed by atoms with van der Waals surface area (Å²) in [6.07, 6.45) is 0.664. The van der Waals surface area contributed by atoms with E-state index in [0.29, 0.717) is 31.6 Å². The lowest BCUT2D eigenvalue weighted by atomic mass is 9.80. The smallest absolute Gasteiger partial charge is 0.312 e. The van der Waals surface area contributed by atoms with Gasteiger partial charge in [-0.05, 0) is 18.4 Å². The topological polar surface area (TPSA) is 99.4 Å². The van der Waals surface area contributed by atoms with Crippen molar-refractivity contribution in [3.63, 3.8) is 0 Å². The van der Waals surface area contributed by atoms with Crippen molar-refractivity contribution in [2.24, 2.45) is 5.41 Å². The molecule has 116 valence electrons. The van der Waals surface area contributed by atoms with Gasteiger partial charge in [-0.1, -0.05) is 30.3 Å². The van der Waals surface area contributed by atoms with Gasteiger partial charge in [-0.15, -0.1) is 0 Å². The van der Waals surface area contributed by atoms with Gasteiger partial charge in [-0.25, -0.2) is 0 Å². The van der Waals surface area contributed by atoms with Gasteiger partial charge in [0.2, 0.25) is 5.91 Å². The van der Waals surface area contributed by atoms with Crippen LogP contribution in [0.4, 0.5) is 0 Å². The first-order valence-electron chi connectivity index (χ1n) is 7.14. The summed E-state index contributed by atoms with van der Waals surface area (Å²) in [4.78, 5) is 23.7. The minimum absolute atomic E-state index is 0.0392. The molecule has 6 heteroatoms. The van der Waals surface area contributed by atoms with Crippen LogP contribution in [0.1, 0.15) is 24.3 Å². The van der Waals surface area contributed by atoms with Crippen LogP contribution in [0.15, 0.2) is 30.3 Å².